The van der Waals surface area contributed by atoms with E-state index in [4.69, 9.17) is 0 Å². The number of hydrogen-bond acceptors (Lipinski definition) is 2. The Bertz CT molecular complexity index is 1180. The lowest BCUT2D eigenvalue weighted by Gasteiger charge is -2.04. The van der Waals surface area contributed by atoms with Crippen molar-refractivity contribution in [1.29, 1.82) is 0 Å². The molecule has 4 aromatic rings. The molecule has 0 spiro atoms. The fraction of sp³-hybridized carbons (Fsp3) is 0.0476. The molecule has 0 N–H and O–H groups in total. The van der Waals surface area contributed by atoms with E-state index in [1.54, 1.807) is 24.3 Å². The van der Waals surface area contributed by atoms with Gasteiger partial charge in [-0.25, -0.2) is 4.39 Å². The van der Waals surface area contributed by atoms with Crippen molar-refractivity contribution in [3.05, 3.63) is 86.7 Å². The summed E-state index contributed by atoms with van der Waals surface area (Å²) in [6, 6.07) is 17.4. The fourth-order valence-corrected chi connectivity index (χ4v) is 5.72. The van der Waals surface area contributed by atoms with Crippen LogP contribution in [0.3, 0.4) is 0 Å². The lowest BCUT2D eigenvalue weighted by atomic mass is 10.1. The number of rotatable bonds is 2. The number of hydrogen-bond donors (Lipinski definition) is 0. The second kappa shape index (κ2) is 6.41. The van der Waals surface area contributed by atoms with Crippen molar-refractivity contribution >= 4 is 52.4 Å². The van der Waals surface area contributed by atoms with Gasteiger partial charge in [-0.3, -0.25) is 9.59 Å². The summed E-state index contributed by atoms with van der Waals surface area (Å²) >= 11 is 3.41. The maximum atomic E-state index is 13.8. The minimum absolute atomic E-state index is 0.00510. The van der Waals surface area contributed by atoms with E-state index in [9.17, 15) is 14.0 Å². The van der Waals surface area contributed by atoms with E-state index in [2.05, 4.69) is 15.9 Å². The van der Waals surface area contributed by atoms with Gasteiger partial charge in [-0.2, -0.15) is 0 Å². The topological polar surface area (TPSA) is 34.1 Å². The molecule has 0 amide bonds. The molecule has 1 atom stereocenters. The van der Waals surface area contributed by atoms with Crippen LogP contribution in [0.2, 0.25) is 0 Å². The second-order valence-corrected chi connectivity index (χ2v) is 8.88. The molecule has 128 valence electrons. The van der Waals surface area contributed by atoms with Crippen molar-refractivity contribution in [1.82, 2.24) is 0 Å². The Hall–Kier alpha value is -2.37. The monoisotopic (exact) mass is 427 g/mol. The van der Waals surface area contributed by atoms with Gasteiger partial charge in [0.2, 0.25) is 5.43 Å². The highest BCUT2D eigenvalue weighted by molar-refractivity contribution is 9.10. The van der Waals surface area contributed by atoms with Gasteiger partial charge >= 0.3 is 0 Å². The van der Waals surface area contributed by atoms with Crippen LogP contribution in [0.1, 0.15) is 17.3 Å². The first-order valence-electron chi connectivity index (χ1n) is 7.95. The molecule has 3 aromatic carbocycles. The van der Waals surface area contributed by atoms with Crippen LogP contribution in [0.5, 0.6) is 0 Å². The van der Waals surface area contributed by atoms with Gasteiger partial charge in [0, 0.05) is 32.6 Å². The Kier molecular flexibility index (Phi) is 4.21. The van der Waals surface area contributed by atoms with E-state index < -0.39 is 16.3 Å². The molecule has 0 saturated heterocycles. The Morgan fingerprint density at radius 3 is 2.19 bits per heavy atom. The van der Waals surface area contributed by atoms with Gasteiger partial charge in [0.15, 0.2) is 20.1 Å². The number of benzene rings is 3. The first-order valence-corrected chi connectivity index (χ1v) is 9.96. The molecule has 2 nitrogen and oxygen atoms in total. The Balaban J connectivity index is 2.16. The molecule has 4 rings (SSSR count). The summed E-state index contributed by atoms with van der Waals surface area (Å²) in [6.07, 6.45) is 0. The number of halogens is 2. The van der Waals surface area contributed by atoms with Gasteiger partial charge in [-0.15, -0.1) is 0 Å². The largest absolute Gasteiger partial charge is 0.295 e. The minimum Gasteiger partial charge on any atom is -0.295 e. The zero-order chi connectivity index (χ0) is 18.4. The summed E-state index contributed by atoms with van der Waals surface area (Å²) in [5.74, 6) is -0.420. The van der Waals surface area contributed by atoms with Gasteiger partial charge in [0.05, 0.1) is 10.8 Å². The van der Waals surface area contributed by atoms with Crippen LogP contribution in [0.25, 0.3) is 25.1 Å². The van der Waals surface area contributed by atoms with Crippen LogP contribution in [0.15, 0.2) is 69.9 Å². The van der Waals surface area contributed by atoms with Crippen molar-refractivity contribution < 1.29 is 9.18 Å². The van der Waals surface area contributed by atoms with Gasteiger partial charge < -0.3 is 0 Å². The zero-order valence-corrected chi connectivity index (χ0v) is 16.2. The maximum absolute atomic E-state index is 13.8. The van der Waals surface area contributed by atoms with E-state index in [0.717, 1.165) is 18.8 Å². The summed E-state index contributed by atoms with van der Waals surface area (Å²) in [6.45, 7) is 1.53. The normalized spacial score (nSPS) is 11.9. The Labute approximate surface area is 160 Å². The van der Waals surface area contributed by atoms with Crippen molar-refractivity contribution in [3.8, 4) is 4.90 Å². The van der Waals surface area contributed by atoms with Crippen molar-refractivity contribution in [2.24, 2.45) is 0 Å². The molecule has 0 fully saturated rings. The second-order valence-electron chi connectivity index (χ2n) is 6.00. The standard InChI is InChI=1S/C21H13BrFO2S/c1-12(24)13-2-6-16(7-3-13)26-19-8-4-14(22)10-17(19)21(25)18-11-15(23)5-9-20(18)26/h2-11H,1H3/q+1. The molecule has 5 heteroatoms. The van der Waals surface area contributed by atoms with E-state index >= 15 is 0 Å². The first kappa shape index (κ1) is 17.1. The van der Waals surface area contributed by atoms with Gasteiger partial charge in [-0.1, -0.05) is 15.9 Å². The SMILES string of the molecule is CC(=O)c1ccc(-[s+]2c3ccc(F)cc3c(=O)c3cc(Br)ccc32)cc1. The summed E-state index contributed by atoms with van der Waals surface area (Å²) < 4.78 is 16.3. The molecular formula is C21H13BrFO2S+. The molecule has 1 aromatic heterocycles. The van der Waals surface area contributed by atoms with Crippen LogP contribution in [0, 0.1) is 5.82 Å². The zero-order valence-electron chi connectivity index (χ0n) is 13.8. The van der Waals surface area contributed by atoms with Crippen LogP contribution < -0.4 is 5.43 Å². The van der Waals surface area contributed by atoms with Crippen molar-refractivity contribution in [2.45, 2.75) is 6.92 Å². The Morgan fingerprint density at radius 2 is 1.54 bits per heavy atom. The molecule has 0 aliphatic heterocycles. The van der Waals surface area contributed by atoms with Crippen LogP contribution in [-0.4, -0.2) is 5.78 Å². The molecule has 1 unspecified atom stereocenters. The summed E-state index contributed by atoms with van der Waals surface area (Å²) in [5, 5.41) is 0.978. The molecule has 0 aliphatic carbocycles. The molecule has 0 bridgehead atoms. The molecule has 0 saturated carbocycles. The van der Waals surface area contributed by atoms with E-state index in [-0.39, 0.29) is 11.2 Å². The highest BCUT2D eigenvalue weighted by Crippen LogP contribution is 2.43. The van der Waals surface area contributed by atoms with Crippen molar-refractivity contribution in [3.63, 3.8) is 0 Å². The summed E-state index contributed by atoms with van der Waals surface area (Å²) in [7, 11) is -0.536. The number of carbonyl (C=O) groups is 1. The molecule has 0 radical (unpaired) electrons. The third-order valence-corrected chi connectivity index (χ3v) is 7.14. The molecular weight excluding hydrogens is 415 g/mol. The van der Waals surface area contributed by atoms with Crippen LogP contribution in [0.4, 0.5) is 4.39 Å². The van der Waals surface area contributed by atoms with E-state index in [0.29, 0.717) is 16.3 Å². The van der Waals surface area contributed by atoms with Crippen LogP contribution >= 0.6 is 26.4 Å². The average Bonchev–Trinajstić information content (AvgIpc) is 2.63. The summed E-state index contributed by atoms with van der Waals surface area (Å²) in [4.78, 5) is 25.4. The smallest absolute Gasteiger partial charge is 0.204 e. The average molecular weight is 428 g/mol. The number of ketones is 1. The number of fused-ring (bicyclic) bond motifs is 2. The van der Waals surface area contributed by atoms with E-state index in [1.165, 1.54) is 19.1 Å². The first-order chi connectivity index (χ1) is 12.5. The summed E-state index contributed by atoms with van der Waals surface area (Å²) in [5.41, 5.74) is 0.473. The highest BCUT2D eigenvalue weighted by Gasteiger charge is 2.23. The predicted molar refractivity (Wildman–Crippen MR) is 109 cm³/mol. The lowest BCUT2D eigenvalue weighted by Crippen LogP contribution is -2.03. The molecule has 26 heavy (non-hydrogen) atoms. The lowest BCUT2D eigenvalue weighted by molar-refractivity contribution is 0.101. The molecule has 1 heterocycles. The molecule has 0 aliphatic rings. The third-order valence-electron chi connectivity index (χ3n) is 4.31. The third kappa shape index (κ3) is 2.77. The predicted octanol–water partition coefficient (Wildman–Crippen LogP) is 6.20. The van der Waals surface area contributed by atoms with E-state index in [1.807, 2.05) is 24.3 Å². The van der Waals surface area contributed by atoms with Gasteiger partial charge in [-0.05, 0) is 55.5 Å². The number of carbonyl (C=O) groups excluding carboxylic acids is 1. The highest BCUT2D eigenvalue weighted by atomic mass is 79.9. The van der Waals surface area contributed by atoms with Gasteiger partial charge in [0.1, 0.15) is 5.82 Å². The fourth-order valence-electron chi connectivity index (χ4n) is 3.06. The minimum atomic E-state index is -0.536. The quantitative estimate of drug-likeness (QED) is 0.217. The van der Waals surface area contributed by atoms with Crippen molar-refractivity contribution in [2.75, 3.05) is 0 Å². The van der Waals surface area contributed by atoms with Gasteiger partial charge in [0.25, 0.3) is 0 Å². The maximum Gasteiger partial charge on any atom is 0.204 e. The number of Topliss-reactive ketones (excluding diaryl/α,β-unsaturated/α-hetero) is 1. The van der Waals surface area contributed by atoms with Crippen LogP contribution in [-0.2, 0) is 0 Å². The Morgan fingerprint density at radius 1 is 0.923 bits per heavy atom.